The van der Waals surface area contributed by atoms with E-state index in [1.165, 1.54) is 0 Å². The van der Waals surface area contributed by atoms with Crippen LogP contribution < -0.4 is 10.1 Å². The second kappa shape index (κ2) is 8.04. The molecule has 7 nitrogen and oxygen atoms in total. The van der Waals surface area contributed by atoms with Crippen LogP contribution in [0.1, 0.15) is 40.5 Å². The van der Waals surface area contributed by atoms with Gasteiger partial charge in [0.1, 0.15) is 18.1 Å². The zero-order chi connectivity index (χ0) is 19.3. The zero-order valence-electron chi connectivity index (χ0n) is 15.2. The number of carbonyl (C=O) groups excluding carboxylic acids is 2. The van der Waals surface area contributed by atoms with Crippen LogP contribution in [0.5, 0.6) is 5.75 Å². The van der Waals surface area contributed by atoms with E-state index in [9.17, 15) is 9.59 Å². The Morgan fingerprint density at radius 3 is 2.79 bits per heavy atom. The number of hydrogen-bond donors (Lipinski definition) is 1. The molecule has 142 valence electrons. The fourth-order valence-electron chi connectivity index (χ4n) is 3.21. The Hall–Kier alpha value is -3.48. The summed E-state index contributed by atoms with van der Waals surface area (Å²) in [6.07, 6.45) is 2.17. The molecule has 0 fully saturated rings. The summed E-state index contributed by atoms with van der Waals surface area (Å²) in [5.41, 5.74) is 2.08. The molecule has 1 aliphatic rings. The first-order chi connectivity index (χ1) is 13.7. The van der Waals surface area contributed by atoms with E-state index < -0.39 is 6.04 Å². The number of Topliss-reactive ketones (excluding diaryl/α,β-unsaturated/α-hetero) is 1. The first kappa shape index (κ1) is 17.9. The quantitative estimate of drug-likeness (QED) is 0.711. The van der Waals surface area contributed by atoms with Crippen LogP contribution in [0.4, 0.5) is 0 Å². The maximum atomic E-state index is 12.8. The smallest absolute Gasteiger partial charge is 0.222 e. The number of nitrogens with one attached hydrogen (secondary N) is 1. The van der Waals surface area contributed by atoms with Crippen molar-refractivity contribution in [1.82, 2.24) is 20.3 Å². The average Bonchev–Trinajstić information content (AvgIpc) is 3.18. The van der Waals surface area contributed by atoms with E-state index in [0.29, 0.717) is 23.6 Å². The third kappa shape index (κ3) is 4.09. The van der Waals surface area contributed by atoms with Crippen LogP contribution in [0.3, 0.4) is 0 Å². The summed E-state index contributed by atoms with van der Waals surface area (Å²) in [4.78, 5) is 25.3. The second-order valence-electron chi connectivity index (χ2n) is 6.66. The van der Waals surface area contributed by atoms with Crippen LogP contribution in [-0.2, 0) is 17.9 Å². The van der Waals surface area contributed by atoms with Crippen LogP contribution in [0, 0.1) is 0 Å². The third-order valence-corrected chi connectivity index (χ3v) is 4.64. The van der Waals surface area contributed by atoms with Crippen LogP contribution in [0.25, 0.3) is 0 Å². The lowest BCUT2D eigenvalue weighted by atomic mass is 9.97. The molecule has 1 unspecified atom stereocenters. The highest BCUT2D eigenvalue weighted by atomic mass is 16.5. The molecule has 28 heavy (non-hydrogen) atoms. The summed E-state index contributed by atoms with van der Waals surface area (Å²) in [7, 11) is 0. The fourth-order valence-corrected chi connectivity index (χ4v) is 3.21. The Kier molecular flexibility index (Phi) is 5.14. The molecule has 4 rings (SSSR count). The Morgan fingerprint density at radius 1 is 1.14 bits per heavy atom. The monoisotopic (exact) mass is 376 g/mol. The van der Waals surface area contributed by atoms with Crippen molar-refractivity contribution >= 4 is 11.7 Å². The Balaban J connectivity index is 1.65. The van der Waals surface area contributed by atoms with E-state index in [1.807, 2.05) is 42.5 Å². The van der Waals surface area contributed by atoms with Gasteiger partial charge < -0.3 is 10.1 Å². The van der Waals surface area contributed by atoms with Gasteiger partial charge in [0.25, 0.3) is 0 Å². The summed E-state index contributed by atoms with van der Waals surface area (Å²) in [5, 5.41) is 11.1. The number of rotatable bonds is 3. The minimum atomic E-state index is -0.480. The van der Waals surface area contributed by atoms with Crippen LogP contribution >= 0.6 is 0 Å². The fraction of sp³-hybridized carbons (Fsp3) is 0.238. The molecule has 1 atom stereocenters. The van der Waals surface area contributed by atoms with Gasteiger partial charge in [-0.25, -0.2) is 0 Å². The molecule has 2 heterocycles. The number of ether oxygens (including phenoxy) is 1. The Labute approximate surface area is 162 Å². The molecular formula is C21H20N4O3. The molecule has 1 N–H and O–H groups in total. The largest absolute Gasteiger partial charge is 0.487 e. The van der Waals surface area contributed by atoms with Gasteiger partial charge in [-0.05, 0) is 6.07 Å². The van der Waals surface area contributed by atoms with Crippen molar-refractivity contribution < 1.29 is 14.3 Å². The molecule has 1 aromatic heterocycles. The van der Waals surface area contributed by atoms with Gasteiger partial charge in [0.15, 0.2) is 5.78 Å². The van der Waals surface area contributed by atoms with E-state index in [4.69, 9.17) is 4.74 Å². The number of ketones is 1. The van der Waals surface area contributed by atoms with Gasteiger partial charge in [-0.2, -0.15) is 0 Å². The van der Waals surface area contributed by atoms with E-state index in [2.05, 4.69) is 15.6 Å². The molecule has 0 spiro atoms. The molecule has 2 aromatic carbocycles. The summed E-state index contributed by atoms with van der Waals surface area (Å²) < 4.78 is 7.55. The first-order valence-electron chi connectivity index (χ1n) is 9.17. The molecule has 1 amide bonds. The van der Waals surface area contributed by atoms with Gasteiger partial charge in [-0.15, -0.1) is 5.10 Å². The number of para-hydroxylation sites is 1. The number of hydrogen-bond acceptors (Lipinski definition) is 5. The molecule has 1 aliphatic heterocycles. The van der Waals surface area contributed by atoms with Gasteiger partial charge >= 0.3 is 0 Å². The van der Waals surface area contributed by atoms with Crippen molar-refractivity contribution in [3.8, 4) is 5.75 Å². The predicted molar refractivity (Wildman–Crippen MR) is 102 cm³/mol. The molecular weight excluding hydrogens is 356 g/mol. The maximum Gasteiger partial charge on any atom is 0.222 e. The number of carbonyl (C=O) groups is 2. The Bertz CT molecular complexity index is 984. The van der Waals surface area contributed by atoms with E-state index >= 15 is 0 Å². The van der Waals surface area contributed by atoms with Crippen LogP contribution in [0.15, 0.2) is 60.8 Å². The minimum absolute atomic E-state index is 0.0377. The van der Waals surface area contributed by atoms with Gasteiger partial charge in [0, 0.05) is 24.0 Å². The lowest BCUT2D eigenvalue weighted by molar-refractivity contribution is -0.122. The minimum Gasteiger partial charge on any atom is -0.487 e. The number of nitrogens with zero attached hydrogens (tertiary/aromatic N) is 3. The van der Waals surface area contributed by atoms with Crippen molar-refractivity contribution in [1.29, 1.82) is 0 Å². The average molecular weight is 376 g/mol. The molecule has 2 bridgehead atoms. The number of aromatic nitrogens is 3. The molecule has 0 saturated carbocycles. The van der Waals surface area contributed by atoms with Crippen molar-refractivity contribution in [2.24, 2.45) is 0 Å². The van der Waals surface area contributed by atoms with Crippen molar-refractivity contribution in [2.75, 3.05) is 0 Å². The van der Waals surface area contributed by atoms with E-state index in [-0.39, 0.29) is 31.1 Å². The lowest BCUT2D eigenvalue weighted by Crippen LogP contribution is -2.31. The van der Waals surface area contributed by atoms with Crippen LogP contribution in [-0.4, -0.2) is 26.7 Å². The molecule has 3 aromatic rings. The highest BCUT2D eigenvalue weighted by Crippen LogP contribution is 2.29. The van der Waals surface area contributed by atoms with Crippen LogP contribution in [0.2, 0.25) is 0 Å². The SMILES string of the molecule is O=C1CCn2cc(nn2)COc2ccccc2C(CC(=O)c2ccccc2)N1. The lowest BCUT2D eigenvalue weighted by Gasteiger charge is -2.22. The predicted octanol–water partition coefficient (Wildman–Crippen LogP) is 2.69. The van der Waals surface area contributed by atoms with Gasteiger partial charge in [0.2, 0.25) is 5.91 Å². The topological polar surface area (TPSA) is 86.1 Å². The Morgan fingerprint density at radius 2 is 1.93 bits per heavy atom. The number of benzene rings is 2. The summed E-state index contributed by atoms with van der Waals surface area (Å²) in [5.74, 6) is 0.423. The molecule has 0 saturated heterocycles. The number of fused-ring (bicyclic) bond motifs is 3. The third-order valence-electron chi connectivity index (χ3n) is 4.64. The van der Waals surface area contributed by atoms with E-state index in [0.717, 1.165) is 5.56 Å². The zero-order valence-corrected chi connectivity index (χ0v) is 15.2. The number of aryl methyl sites for hydroxylation is 1. The summed E-state index contributed by atoms with van der Waals surface area (Å²) in [6.45, 7) is 0.685. The molecule has 0 radical (unpaired) electrons. The first-order valence-corrected chi connectivity index (χ1v) is 9.17. The van der Waals surface area contributed by atoms with Crippen molar-refractivity contribution in [2.45, 2.75) is 32.0 Å². The van der Waals surface area contributed by atoms with Gasteiger partial charge in [-0.1, -0.05) is 53.7 Å². The highest BCUT2D eigenvalue weighted by molar-refractivity contribution is 5.96. The summed E-state index contributed by atoms with van der Waals surface area (Å²) >= 11 is 0. The van der Waals surface area contributed by atoms with E-state index in [1.54, 1.807) is 23.0 Å². The molecule has 0 aliphatic carbocycles. The second-order valence-corrected chi connectivity index (χ2v) is 6.66. The van der Waals surface area contributed by atoms with Gasteiger partial charge in [0.05, 0.1) is 18.8 Å². The van der Waals surface area contributed by atoms with Gasteiger partial charge in [-0.3, -0.25) is 14.3 Å². The standard InChI is InChI=1S/C21H20N4O3/c26-19(15-6-2-1-3-7-15)12-18-17-8-4-5-9-20(17)28-14-16-13-25(24-23-16)11-10-21(27)22-18/h1-9,13,18H,10-12,14H2,(H,22,27). The molecule has 7 heteroatoms. The number of amides is 1. The maximum absolute atomic E-state index is 12.8. The van der Waals surface area contributed by atoms with Crippen molar-refractivity contribution in [3.05, 3.63) is 77.6 Å². The normalized spacial score (nSPS) is 16.7. The highest BCUT2D eigenvalue weighted by Gasteiger charge is 2.23. The van der Waals surface area contributed by atoms with Crippen molar-refractivity contribution in [3.63, 3.8) is 0 Å². The summed E-state index contributed by atoms with van der Waals surface area (Å²) in [6, 6.07) is 16.0.